The quantitative estimate of drug-likeness (QED) is 0.869. The zero-order chi connectivity index (χ0) is 13.9. The van der Waals surface area contributed by atoms with Gasteiger partial charge in [0.25, 0.3) is 0 Å². The molecule has 0 aliphatic rings. The highest BCUT2D eigenvalue weighted by atomic mass is 19.4. The summed E-state index contributed by atoms with van der Waals surface area (Å²) in [5.41, 5.74) is 7.30. The molecular weight excluding hydrogens is 245 g/mol. The van der Waals surface area contributed by atoms with Crippen LogP contribution >= 0.6 is 0 Å². The average Bonchev–Trinajstić information content (AvgIpc) is 2.18. The normalized spacial score (nSPS) is 13.4. The van der Waals surface area contributed by atoms with Gasteiger partial charge in [-0.2, -0.15) is 13.2 Å². The van der Waals surface area contributed by atoms with Crippen LogP contribution in [-0.4, -0.2) is 18.6 Å². The zero-order valence-electron chi connectivity index (χ0n) is 10.1. The van der Waals surface area contributed by atoms with Crippen molar-refractivity contribution in [1.82, 2.24) is 5.32 Å². The van der Waals surface area contributed by atoms with E-state index in [1.807, 2.05) is 6.92 Å². The van der Waals surface area contributed by atoms with Crippen molar-refractivity contribution in [3.8, 4) is 0 Å². The fourth-order valence-corrected chi connectivity index (χ4v) is 1.73. The van der Waals surface area contributed by atoms with Crippen molar-refractivity contribution in [1.29, 1.82) is 0 Å². The predicted octanol–water partition coefficient (Wildman–Crippen LogP) is 1.98. The maximum atomic E-state index is 12.1. The summed E-state index contributed by atoms with van der Waals surface area (Å²) >= 11 is 0. The van der Waals surface area contributed by atoms with Crippen LogP contribution in [0.4, 0.5) is 13.2 Å². The van der Waals surface area contributed by atoms with Crippen LogP contribution in [0, 0.1) is 13.8 Å². The first-order chi connectivity index (χ1) is 8.20. The van der Waals surface area contributed by atoms with Gasteiger partial charge in [-0.3, -0.25) is 10.1 Å². The third-order valence-electron chi connectivity index (χ3n) is 2.53. The van der Waals surface area contributed by atoms with Crippen LogP contribution in [0.2, 0.25) is 0 Å². The van der Waals surface area contributed by atoms with Gasteiger partial charge in [-0.25, -0.2) is 0 Å². The summed E-state index contributed by atoms with van der Waals surface area (Å²) in [5.74, 6) is -0.828. The molecule has 1 unspecified atom stereocenters. The summed E-state index contributed by atoms with van der Waals surface area (Å²) in [6.45, 7) is 2.33. The molecule has 1 amide bonds. The highest BCUT2D eigenvalue weighted by molar-refractivity contribution is 5.81. The fraction of sp³-hybridized carbons (Fsp3) is 0.417. The summed E-state index contributed by atoms with van der Waals surface area (Å²) in [6.07, 6.45) is -4.38. The van der Waals surface area contributed by atoms with Crippen LogP contribution in [-0.2, 0) is 4.79 Å². The average molecular weight is 260 g/mol. The van der Waals surface area contributed by atoms with E-state index in [4.69, 9.17) is 5.73 Å². The van der Waals surface area contributed by atoms with Crippen molar-refractivity contribution in [3.63, 3.8) is 0 Å². The van der Waals surface area contributed by atoms with E-state index in [2.05, 4.69) is 5.32 Å². The van der Waals surface area contributed by atoms with E-state index in [1.165, 1.54) is 0 Å². The number of halogens is 3. The minimum Gasteiger partial charge on any atom is -0.368 e. The Hall–Kier alpha value is -1.56. The number of hydrogen-bond donors (Lipinski definition) is 2. The molecule has 18 heavy (non-hydrogen) atoms. The Balaban J connectivity index is 2.95. The smallest absolute Gasteiger partial charge is 0.368 e. The maximum Gasteiger partial charge on any atom is 0.401 e. The lowest BCUT2D eigenvalue weighted by Crippen LogP contribution is -2.39. The van der Waals surface area contributed by atoms with E-state index in [9.17, 15) is 18.0 Å². The first kappa shape index (κ1) is 14.5. The number of rotatable bonds is 4. The number of hydrogen-bond acceptors (Lipinski definition) is 2. The molecule has 0 spiro atoms. The minimum atomic E-state index is -4.38. The van der Waals surface area contributed by atoms with Crippen molar-refractivity contribution >= 4 is 5.91 Å². The first-order valence-corrected chi connectivity index (χ1v) is 5.37. The molecule has 0 radical (unpaired) electrons. The molecule has 1 atom stereocenters. The lowest BCUT2D eigenvalue weighted by molar-refractivity contribution is -0.130. The van der Waals surface area contributed by atoms with Gasteiger partial charge in [-0.05, 0) is 25.0 Å². The van der Waals surface area contributed by atoms with Crippen LogP contribution in [0.5, 0.6) is 0 Å². The highest BCUT2D eigenvalue weighted by Gasteiger charge is 2.30. The van der Waals surface area contributed by atoms with Crippen LogP contribution in [0.25, 0.3) is 0 Å². The molecule has 0 saturated carbocycles. The lowest BCUT2D eigenvalue weighted by atomic mass is 9.99. The maximum absolute atomic E-state index is 12.1. The molecule has 0 bridgehead atoms. The van der Waals surface area contributed by atoms with Crippen LogP contribution < -0.4 is 11.1 Å². The number of benzene rings is 1. The zero-order valence-corrected chi connectivity index (χ0v) is 10.1. The topological polar surface area (TPSA) is 55.1 Å². The number of primary amides is 1. The number of nitrogens with one attached hydrogen (secondary N) is 1. The van der Waals surface area contributed by atoms with E-state index in [0.717, 1.165) is 11.1 Å². The standard InChI is InChI=1S/C12H15F3N2O/c1-7-3-4-9(8(2)5-7)10(11(16)18)17-6-12(13,14)15/h3-5,10,17H,6H2,1-2H3,(H2,16,18). The molecule has 6 heteroatoms. The van der Waals surface area contributed by atoms with Gasteiger partial charge in [0.05, 0.1) is 6.54 Å². The lowest BCUT2D eigenvalue weighted by Gasteiger charge is -2.19. The van der Waals surface area contributed by atoms with Gasteiger partial charge in [-0.1, -0.05) is 23.8 Å². The van der Waals surface area contributed by atoms with Crippen LogP contribution in [0.3, 0.4) is 0 Å². The summed E-state index contributed by atoms with van der Waals surface area (Å²) < 4.78 is 36.4. The molecule has 3 N–H and O–H groups in total. The van der Waals surface area contributed by atoms with Crippen molar-refractivity contribution in [3.05, 3.63) is 34.9 Å². The molecule has 0 heterocycles. The van der Waals surface area contributed by atoms with Gasteiger partial charge in [0.15, 0.2) is 0 Å². The van der Waals surface area contributed by atoms with E-state index in [1.54, 1.807) is 25.1 Å². The van der Waals surface area contributed by atoms with E-state index in [0.29, 0.717) is 5.56 Å². The van der Waals surface area contributed by atoms with Crippen LogP contribution in [0.15, 0.2) is 18.2 Å². The number of carbonyl (C=O) groups excluding carboxylic acids is 1. The Morgan fingerprint density at radius 2 is 2.00 bits per heavy atom. The number of amides is 1. The van der Waals surface area contributed by atoms with Crippen molar-refractivity contribution in [2.24, 2.45) is 5.73 Å². The van der Waals surface area contributed by atoms with E-state index in [-0.39, 0.29) is 0 Å². The molecule has 0 aliphatic heterocycles. The summed E-state index contributed by atoms with van der Waals surface area (Å²) in [7, 11) is 0. The molecule has 100 valence electrons. The molecule has 0 saturated heterocycles. The monoisotopic (exact) mass is 260 g/mol. The van der Waals surface area contributed by atoms with Gasteiger partial charge in [0, 0.05) is 0 Å². The molecule has 0 aliphatic carbocycles. The van der Waals surface area contributed by atoms with Gasteiger partial charge in [0.2, 0.25) is 5.91 Å². The minimum absolute atomic E-state index is 0.470. The molecule has 1 aromatic carbocycles. The third kappa shape index (κ3) is 4.03. The Morgan fingerprint density at radius 3 is 2.44 bits per heavy atom. The second-order valence-corrected chi connectivity index (χ2v) is 4.19. The molecular formula is C12H15F3N2O. The molecule has 1 aromatic rings. The molecule has 3 nitrogen and oxygen atoms in total. The Kier molecular flexibility index (Phi) is 4.34. The van der Waals surface area contributed by atoms with Crippen molar-refractivity contribution in [2.45, 2.75) is 26.1 Å². The van der Waals surface area contributed by atoms with Gasteiger partial charge >= 0.3 is 6.18 Å². The summed E-state index contributed by atoms with van der Waals surface area (Å²) in [6, 6.07) is 4.00. The highest BCUT2D eigenvalue weighted by Crippen LogP contribution is 2.21. The van der Waals surface area contributed by atoms with Gasteiger partial charge in [-0.15, -0.1) is 0 Å². The number of alkyl halides is 3. The molecule has 0 fully saturated rings. The second kappa shape index (κ2) is 5.39. The van der Waals surface area contributed by atoms with E-state index >= 15 is 0 Å². The summed E-state index contributed by atoms with van der Waals surface area (Å²) in [5, 5.41) is 2.14. The molecule has 0 aromatic heterocycles. The van der Waals surface area contributed by atoms with Crippen molar-refractivity contribution < 1.29 is 18.0 Å². The van der Waals surface area contributed by atoms with E-state index < -0.39 is 24.7 Å². The fourth-order valence-electron chi connectivity index (χ4n) is 1.73. The first-order valence-electron chi connectivity index (χ1n) is 5.37. The second-order valence-electron chi connectivity index (χ2n) is 4.19. The Labute approximate surface area is 103 Å². The number of nitrogens with two attached hydrogens (primary N) is 1. The number of aryl methyl sites for hydroxylation is 2. The third-order valence-corrected chi connectivity index (χ3v) is 2.53. The Bertz CT molecular complexity index is 443. The Morgan fingerprint density at radius 1 is 1.39 bits per heavy atom. The predicted molar refractivity (Wildman–Crippen MR) is 61.9 cm³/mol. The summed E-state index contributed by atoms with van der Waals surface area (Å²) in [4.78, 5) is 11.2. The van der Waals surface area contributed by atoms with Gasteiger partial charge in [0.1, 0.15) is 6.04 Å². The van der Waals surface area contributed by atoms with Gasteiger partial charge < -0.3 is 5.73 Å². The SMILES string of the molecule is Cc1ccc(C(NCC(F)(F)F)C(N)=O)c(C)c1. The van der Waals surface area contributed by atoms with Crippen molar-refractivity contribution in [2.75, 3.05) is 6.54 Å². The molecule has 1 rings (SSSR count). The largest absolute Gasteiger partial charge is 0.401 e. The van der Waals surface area contributed by atoms with Crippen LogP contribution in [0.1, 0.15) is 22.7 Å². The number of carbonyl (C=O) groups is 1.